The zero-order valence-electron chi connectivity index (χ0n) is 9.34. The third kappa shape index (κ3) is 2.31. The number of alkyl halides is 3. The summed E-state index contributed by atoms with van der Waals surface area (Å²) in [5, 5.41) is 9.98. The third-order valence-electron chi connectivity index (χ3n) is 3.23. The number of rotatable bonds is 2. The molecule has 1 unspecified atom stereocenters. The molecule has 2 rings (SSSR count). The van der Waals surface area contributed by atoms with Gasteiger partial charge in [0.15, 0.2) is 0 Å². The lowest BCUT2D eigenvalue weighted by Crippen LogP contribution is -2.48. The average Bonchev–Trinajstić information content (AvgIpc) is 2.26. The van der Waals surface area contributed by atoms with Crippen molar-refractivity contribution < 1.29 is 18.6 Å². The molecule has 0 heterocycles. The largest absolute Gasteiger partial charge is 0.497 e. The zero-order valence-corrected chi connectivity index (χ0v) is 10.9. The van der Waals surface area contributed by atoms with Gasteiger partial charge < -0.3 is 9.84 Å². The minimum Gasteiger partial charge on any atom is -0.497 e. The van der Waals surface area contributed by atoms with Crippen LogP contribution in [0.4, 0.5) is 8.78 Å². The highest BCUT2D eigenvalue weighted by atomic mass is 79.9. The van der Waals surface area contributed by atoms with Gasteiger partial charge in [0.25, 0.3) is 0 Å². The van der Waals surface area contributed by atoms with Crippen LogP contribution in [-0.2, 0) is 12.8 Å². The van der Waals surface area contributed by atoms with Gasteiger partial charge in [0.05, 0.1) is 7.11 Å². The summed E-state index contributed by atoms with van der Waals surface area (Å²) in [4.78, 5) is -3.28. The Hall–Kier alpha value is -0.680. The van der Waals surface area contributed by atoms with Crippen molar-refractivity contribution in [2.24, 2.45) is 0 Å². The standard InChI is InChI=1S/C12H13BrF2O2/c1-17-10-3-2-8-4-5-11(16,12(13,14)15)7-9(8)6-10/h2-3,6,16H,4-5,7H2,1H3. The molecule has 17 heavy (non-hydrogen) atoms. The smallest absolute Gasteiger partial charge is 0.329 e. The highest BCUT2D eigenvalue weighted by Crippen LogP contribution is 2.43. The van der Waals surface area contributed by atoms with Crippen molar-refractivity contribution >= 4 is 15.9 Å². The highest BCUT2D eigenvalue weighted by Gasteiger charge is 2.51. The summed E-state index contributed by atoms with van der Waals surface area (Å²) >= 11 is 2.27. The molecule has 0 bridgehead atoms. The Balaban J connectivity index is 2.34. The van der Waals surface area contributed by atoms with Crippen molar-refractivity contribution in [1.82, 2.24) is 0 Å². The number of aryl methyl sites for hydroxylation is 1. The number of aliphatic hydroxyl groups is 1. The topological polar surface area (TPSA) is 29.5 Å². The molecule has 0 fully saturated rings. The van der Waals surface area contributed by atoms with Crippen LogP contribution in [0, 0.1) is 0 Å². The average molecular weight is 307 g/mol. The Morgan fingerprint density at radius 3 is 2.71 bits per heavy atom. The predicted molar refractivity (Wildman–Crippen MR) is 63.8 cm³/mol. The van der Waals surface area contributed by atoms with E-state index < -0.39 is 10.4 Å². The molecule has 5 heteroatoms. The van der Waals surface area contributed by atoms with E-state index in [0.29, 0.717) is 12.2 Å². The quantitative estimate of drug-likeness (QED) is 0.851. The van der Waals surface area contributed by atoms with E-state index in [1.165, 1.54) is 7.11 Å². The number of benzene rings is 1. The van der Waals surface area contributed by atoms with Crippen LogP contribution in [0.3, 0.4) is 0 Å². The first-order chi connectivity index (χ1) is 7.86. The van der Waals surface area contributed by atoms with Crippen LogP contribution in [-0.4, -0.2) is 22.6 Å². The molecule has 1 aromatic carbocycles. The second-order valence-electron chi connectivity index (χ2n) is 4.34. The fraction of sp³-hybridized carbons (Fsp3) is 0.500. The lowest BCUT2D eigenvalue weighted by molar-refractivity contribution is -0.122. The van der Waals surface area contributed by atoms with E-state index in [-0.39, 0.29) is 12.8 Å². The van der Waals surface area contributed by atoms with E-state index >= 15 is 0 Å². The minimum absolute atomic E-state index is 0.0462. The first kappa shape index (κ1) is 12.8. The van der Waals surface area contributed by atoms with Gasteiger partial charge >= 0.3 is 4.83 Å². The molecular formula is C12H13BrF2O2. The second-order valence-corrected chi connectivity index (χ2v) is 5.34. The van der Waals surface area contributed by atoms with Gasteiger partial charge in [-0.3, -0.25) is 0 Å². The Morgan fingerprint density at radius 1 is 1.41 bits per heavy atom. The molecule has 94 valence electrons. The molecular weight excluding hydrogens is 294 g/mol. The van der Waals surface area contributed by atoms with Crippen LogP contribution in [0.15, 0.2) is 18.2 Å². The van der Waals surface area contributed by atoms with Gasteiger partial charge in [0.1, 0.15) is 11.4 Å². The second kappa shape index (κ2) is 4.21. The van der Waals surface area contributed by atoms with Crippen LogP contribution in [0.1, 0.15) is 17.5 Å². The molecule has 0 aliphatic heterocycles. The fourth-order valence-corrected chi connectivity index (χ4v) is 2.46. The van der Waals surface area contributed by atoms with E-state index in [2.05, 4.69) is 15.9 Å². The normalized spacial score (nSPS) is 24.3. The number of halogens is 3. The summed E-state index contributed by atoms with van der Waals surface area (Å²) in [5.41, 5.74) is -0.309. The maximum Gasteiger partial charge on any atom is 0.329 e. The van der Waals surface area contributed by atoms with E-state index in [1.807, 2.05) is 6.07 Å². The molecule has 1 N–H and O–H groups in total. The highest BCUT2D eigenvalue weighted by molar-refractivity contribution is 9.10. The van der Waals surface area contributed by atoms with E-state index in [1.54, 1.807) is 12.1 Å². The van der Waals surface area contributed by atoms with Crippen molar-refractivity contribution in [2.75, 3.05) is 7.11 Å². The summed E-state index contributed by atoms with van der Waals surface area (Å²) in [6.45, 7) is 0. The first-order valence-corrected chi connectivity index (χ1v) is 6.10. The fourth-order valence-electron chi connectivity index (χ4n) is 2.12. The molecule has 1 aromatic rings. The SMILES string of the molecule is COc1ccc2c(c1)CC(O)(C(F)(F)Br)CC2. The summed E-state index contributed by atoms with van der Waals surface area (Å²) < 4.78 is 31.7. The van der Waals surface area contributed by atoms with Gasteiger partial charge in [0.2, 0.25) is 0 Å². The van der Waals surface area contributed by atoms with Gasteiger partial charge in [-0.25, -0.2) is 0 Å². The summed E-state index contributed by atoms with van der Waals surface area (Å²) in [5.74, 6) is 0.617. The molecule has 1 aliphatic rings. The molecule has 0 saturated heterocycles. The molecule has 0 radical (unpaired) electrons. The Bertz CT molecular complexity index is 431. The van der Waals surface area contributed by atoms with Crippen LogP contribution in [0.5, 0.6) is 5.75 Å². The van der Waals surface area contributed by atoms with Gasteiger partial charge in [-0.05, 0) is 52.0 Å². The van der Waals surface area contributed by atoms with Crippen molar-refractivity contribution in [3.8, 4) is 5.75 Å². The molecule has 1 aliphatic carbocycles. The van der Waals surface area contributed by atoms with Crippen LogP contribution in [0.2, 0.25) is 0 Å². The predicted octanol–water partition coefficient (Wildman–Crippen LogP) is 2.90. The lowest BCUT2D eigenvalue weighted by atomic mass is 9.80. The van der Waals surface area contributed by atoms with E-state index in [4.69, 9.17) is 4.74 Å². The van der Waals surface area contributed by atoms with E-state index in [0.717, 1.165) is 11.1 Å². The number of hydrogen-bond acceptors (Lipinski definition) is 2. The van der Waals surface area contributed by atoms with E-state index in [9.17, 15) is 13.9 Å². The number of hydrogen-bond donors (Lipinski definition) is 1. The monoisotopic (exact) mass is 306 g/mol. The van der Waals surface area contributed by atoms with Crippen LogP contribution < -0.4 is 4.74 Å². The maximum absolute atomic E-state index is 13.3. The Labute approximate surface area is 107 Å². The number of fused-ring (bicyclic) bond motifs is 1. The van der Waals surface area contributed by atoms with Crippen molar-refractivity contribution in [1.29, 1.82) is 0 Å². The Kier molecular flexibility index (Phi) is 3.16. The molecule has 0 amide bonds. The zero-order chi connectivity index (χ0) is 12.7. The minimum atomic E-state index is -3.28. The van der Waals surface area contributed by atoms with Gasteiger partial charge in [-0.15, -0.1) is 0 Å². The van der Waals surface area contributed by atoms with Crippen molar-refractivity contribution in [2.45, 2.75) is 29.7 Å². The van der Waals surface area contributed by atoms with Gasteiger partial charge in [0, 0.05) is 6.42 Å². The van der Waals surface area contributed by atoms with Crippen molar-refractivity contribution in [3.05, 3.63) is 29.3 Å². The first-order valence-electron chi connectivity index (χ1n) is 5.31. The number of methoxy groups -OCH3 is 1. The van der Waals surface area contributed by atoms with Crippen LogP contribution >= 0.6 is 15.9 Å². The summed E-state index contributed by atoms with van der Waals surface area (Å²) in [7, 11) is 1.52. The molecule has 2 nitrogen and oxygen atoms in total. The summed E-state index contributed by atoms with van der Waals surface area (Å²) in [6, 6.07) is 5.37. The van der Waals surface area contributed by atoms with Crippen LogP contribution in [0.25, 0.3) is 0 Å². The lowest BCUT2D eigenvalue weighted by Gasteiger charge is -2.36. The van der Waals surface area contributed by atoms with Gasteiger partial charge in [-0.1, -0.05) is 6.07 Å². The molecule has 0 aromatic heterocycles. The summed E-state index contributed by atoms with van der Waals surface area (Å²) in [6.07, 6.45) is 0.416. The van der Waals surface area contributed by atoms with Crippen molar-refractivity contribution in [3.63, 3.8) is 0 Å². The molecule has 1 atom stereocenters. The van der Waals surface area contributed by atoms with Gasteiger partial charge in [-0.2, -0.15) is 8.78 Å². The molecule has 0 spiro atoms. The Morgan fingerprint density at radius 2 is 2.12 bits per heavy atom. The maximum atomic E-state index is 13.3. The number of ether oxygens (including phenoxy) is 1. The molecule has 0 saturated carbocycles. The third-order valence-corrected chi connectivity index (χ3v) is 3.97.